The summed E-state index contributed by atoms with van der Waals surface area (Å²) in [6, 6.07) is 7.07. The molecular weight excluding hydrogens is 357 g/mol. The molecular formula is C18H17F3N6. The van der Waals surface area contributed by atoms with Gasteiger partial charge in [-0.2, -0.15) is 13.2 Å². The van der Waals surface area contributed by atoms with E-state index in [1.807, 2.05) is 24.4 Å². The Balaban J connectivity index is 1.65. The maximum Gasteiger partial charge on any atom is 0.451 e. The Bertz CT molecular complexity index is 910. The van der Waals surface area contributed by atoms with Crippen molar-refractivity contribution >= 4 is 24.4 Å². The van der Waals surface area contributed by atoms with Crippen LogP contribution < -0.4 is 5.32 Å². The second-order valence-corrected chi connectivity index (χ2v) is 6.45. The van der Waals surface area contributed by atoms with Crippen LogP contribution >= 0.6 is 0 Å². The third kappa shape index (κ3) is 3.08. The zero-order chi connectivity index (χ0) is 19.1. The van der Waals surface area contributed by atoms with Crippen LogP contribution in [0.5, 0.6) is 0 Å². The van der Waals surface area contributed by atoms with E-state index in [0.717, 1.165) is 36.8 Å². The highest BCUT2D eigenvalue weighted by Gasteiger charge is 2.43. The lowest BCUT2D eigenvalue weighted by Gasteiger charge is -2.45. The summed E-state index contributed by atoms with van der Waals surface area (Å²) in [4.78, 5) is 17.8. The van der Waals surface area contributed by atoms with Gasteiger partial charge in [0.1, 0.15) is 5.82 Å². The number of fused-ring (bicyclic) bond motifs is 3. The van der Waals surface area contributed by atoms with Gasteiger partial charge in [-0.1, -0.05) is 6.07 Å². The van der Waals surface area contributed by atoms with Crippen LogP contribution in [-0.4, -0.2) is 47.4 Å². The van der Waals surface area contributed by atoms with E-state index >= 15 is 0 Å². The SMILES string of the molecule is C=N[C@@]12CN=CCN1CCc1cc(Nc3ccnc(C(F)(F)F)n3)ccc12. The molecule has 6 nitrogen and oxygen atoms in total. The lowest BCUT2D eigenvalue weighted by atomic mass is 9.86. The second-order valence-electron chi connectivity index (χ2n) is 6.45. The molecule has 2 aromatic rings. The molecule has 0 unspecified atom stereocenters. The zero-order valence-corrected chi connectivity index (χ0v) is 14.4. The summed E-state index contributed by atoms with van der Waals surface area (Å²) in [7, 11) is 0. The van der Waals surface area contributed by atoms with Gasteiger partial charge >= 0.3 is 6.18 Å². The van der Waals surface area contributed by atoms with Crippen molar-refractivity contribution in [3.05, 3.63) is 47.4 Å². The van der Waals surface area contributed by atoms with E-state index in [-0.39, 0.29) is 5.82 Å². The average Bonchev–Trinajstić information content (AvgIpc) is 2.67. The molecule has 27 heavy (non-hydrogen) atoms. The van der Waals surface area contributed by atoms with Crippen LogP contribution in [0, 0.1) is 0 Å². The van der Waals surface area contributed by atoms with E-state index in [9.17, 15) is 13.2 Å². The fraction of sp³-hybridized carbons (Fsp3) is 0.333. The summed E-state index contributed by atoms with van der Waals surface area (Å²) >= 11 is 0. The zero-order valence-electron chi connectivity index (χ0n) is 14.4. The molecule has 1 aromatic carbocycles. The normalized spacial score (nSPS) is 22.0. The van der Waals surface area contributed by atoms with E-state index in [1.54, 1.807) is 0 Å². The van der Waals surface area contributed by atoms with Crippen LogP contribution in [0.3, 0.4) is 0 Å². The smallest absolute Gasteiger partial charge is 0.340 e. The predicted octanol–water partition coefficient (Wildman–Crippen LogP) is 3.03. The van der Waals surface area contributed by atoms with Crippen molar-refractivity contribution in [3.8, 4) is 0 Å². The van der Waals surface area contributed by atoms with Gasteiger partial charge in [0.05, 0.1) is 6.54 Å². The first-order chi connectivity index (χ1) is 12.9. The number of aromatic nitrogens is 2. The maximum atomic E-state index is 12.8. The first kappa shape index (κ1) is 17.6. The van der Waals surface area contributed by atoms with Gasteiger partial charge in [-0.05, 0) is 42.5 Å². The fourth-order valence-electron chi connectivity index (χ4n) is 3.60. The molecule has 0 fully saturated rings. The number of halogens is 3. The maximum absolute atomic E-state index is 12.8. The molecule has 140 valence electrons. The minimum atomic E-state index is -4.58. The van der Waals surface area contributed by atoms with Crippen LogP contribution in [-0.2, 0) is 18.3 Å². The lowest BCUT2D eigenvalue weighted by molar-refractivity contribution is -0.144. The van der Waals surface area contributed by atoms with E-state index < -0.39 is 17.7 Å². The largest absolute Gasteiger partial charge is 0.451 e. The van der Waals surface area contributed by atoms with Crippen LogP contribution in [0.1, 0.15) is 17.0 Å². The van der Waals surface area contributed by atoms with Gasteiger partial charge in [0.15, 0.2) is 5.66 Å². The van der Waals surface area contributed by atoms with Gasteiger partial charge in [0.2, 0.25) is 5.82 Å². The fourth-order valence-corrected chi connectivity index (χ4v) is 3.60. The highest BCUT2D eigenvalue weighted by molar-refractivity contribution is 5.64. The van der Waals surface area contributed by atoms with Gasteiger partial charge in [-0.25, -0.2) is 9.97 Å². The van der Waals surface area contributed by atoms with Gasteiger partial charge in [0, 0.05) is 31.2 Å². The number of nitrogens with one attached hydrogen (secondary N) is 1. The molecule has 0 radical (unpaired) electrons. The third-order valence-electron chi connectivity index (χ3n) is 4.90. The first-order valence-electron chi connectivity index (χ1n) is 8.44. The minimum absolute atomic E-state index is 0.0912. The highest BCUT2D eigenvalue weighted by atomic mass is 19.4. The van der Waals surface area contributed by atoms with Crippen LogP contribution in [0.15, 0.2) is 40.4 Å². The van der Waals surface area contributed by atoms with Crippen molar-refractivity contribution in [3.63, 3.8) is 0 Å². The van der Waals surface area contributed by atoms with E-state index in [2.05, 4.69) is 36.9 Å². The molecule has 0 saturated heterocycles. The summed E-state index contributed by atoms with van der Waals surface area (Å²) in [5, 5.41) is 2.93. The first-order valence-corrected chi connectivity index (χ1v) is 8.44. The van der Waals surface area contributed by atoms with Crippen molar-refractivity contribution in [2.24, 2.45) is 9.98 Å². The number of aliphatic imine (C=N–C) groups is 2. The topological polar surface area (TPSA) is 65.8 Å². The molecule has 1 aromatic heterocycles. The Morgan fingerprint density at radius 3 is 2.89 bits per heavy atom. The number of anilines is 2. The van der Waals surface area contributed by atoms with Gasteiger partial charge in [-0.15, -0.1) is 0 Å². The molecule has 1 N–H and O–H groups in total. The number of benzene rings is 1. The van der Waals surface area contributed by atoms with E-state index in [4.69, 9.17) is 0 Å². The molecule has 0 aliphatic carbocycles. The van der Waals surface area contributed by atoms with Gasteiger partial charge in [-0.3, -0.25) is 14.9 Å². The molecule has 0 spiro atoms. The number of nitrogens with zero attached hydrogens (tertiary/aromatic N) is 5. The summed E-state index contributed by atoms with van der Waals surface area (Å²) in [6.07, 6.45) is -0.795. The van der Waals surface area contributed by atoms with Crippen LogP contribution in [0.2, 0.25) is 0 Å². The molecule has 1 atom stereocenters. The molecule has 0 amide bonds. The molecule has 0 bridgehead atoms. The van der Waals surface area contributed by atoms with E-state index in [0.29, 0.717) is 12.2 Å². The number of hydrogen-bond donors (Lipinski definition) is 1. The highest BCUT2D eigenvalue weighted by Crippen LogP contribution is 2.39. The summed E-state index contributed by atoms with van der Waals surface area (Å²) in [5.41, 5.74) is 2.20. The molecule has 2 aliphatic rings. The molecule has 0 saturated carbocycles. The quantitative estimate of drug-likeness (QED) is 0.839. The average molecular weight is 374 g/mol. The third-order valence-corrected chi connectivity index (χ3v) is 4.90. The van der Waals surface area contributed by atoms with Crippen LogP contribution in [0.4, 0.5) is 24.7 Å². The van der Waals surface area contributed by atoms with E-state index in [1.165, 1.54) is 6.07 Å². The standard InChI is InChI=1S/C18H17F3N6/c1-22-17-11-23-7-9-27(17)8-5-12-10-13(2-3-14(12)17)25-15-4-6-24-16(26-15)18(19,20)21/h2-4,6-7,10H,1,5,8-9,11H2,(H,24,25,26)/t17-/m0/s1. The number of hydrogen-bond acceptors (Lipinski definition) is 6. The van der Waals surface area contributed by atoms with Crippen molar-refractivity contribution in [2.75, 3.05) is 25.0 Å². The summed E-state index contributed by atoms with van der Waals surface area (Å²) in [5.74, 6) is -1.08. The monoisotopic (exact) mass is 374 g/mol. The Morgan fingerprint density at radius 1 is 1.26 bits per heavy atom. The second kappa shape index (κ2) is 6.41. The number of rotatable bonds is 3. The van der Waals surface area contributed by atoms with Crippen molar-refractivity contribution in [2.45, 2.75) is 18.3 Å². The Morgan fingerprint density at radius 2 is 2.11 bits per heavy atom. The summed E-state index contributed by atoms with van der Waals surface area (Å²) in [6.45, 7) is 5.82. The van der Waals surface area contributed by atoms with Crippen LogP contribution in [0.25, 0.3) is 0 Å². The predicted molar refractivity (Wildman–Crippen MR) is 96.6 cm³/mol. The molecule has 2 aliphatic heterocycles. The summed E-state index contributed by atoms with van der Waals surface area (Å²) < 4.78 is 38.4. The Labute approximate surface area is 153 Å². The Kier molecular flexibility index (Phi) is 4.18. The number of alkyl halides is 3. The lowest BCUT2D eigenvalue weighted by Crippen LogP contribution is -2.54. The van der Waals surface area contributed by atoms with Gasteiger partial charge < -0.3 is 5.32 Å². The van der Waals surface area contributed by atoms with Gasteiger partial charge in [0.25, 0.3) is 0 Å². The van der Waals surface area contributed by atoms with Crippen molar-refractivity contribution in [1.29, 1.82) is 0 Å². The molecule has 3 heterocycles. The van der Waals surface area contributed by atoms with Crippen molar-refractivity contribution in [1.82, 2.24) is 14.9 Å². The minimum Gasteiger partial charge on any atom is -0.340 e. The molecule has 4 rings (SSSR count). The van der Waals surface area contributed by atoms with Crippen molar-refractivity contribution < 1.29 is 13.2 Å². The Hall–Kier alpha value is -2.81. The molecule has 9 heteroatoms.